The molecular formula is C11H15ClN2O2. The van der Waals surface area contributed by atoms with Gasteiger partial charge in [-0.3, -0.25) is 4.79 Å². The third-order valence-corrected chi connectivity index (χ3v) is 2.48. The molecule has 4 nitrogen and oxygen atoms in total. The summed E-state index contributed by atoms with van der Waals surface area (Å²) in [7, 11) is 0. The molecule has 0 aliphatic carbocycles. The van der Waals surface area contributed by atoms with Crippen LogP contribution in [-0.4, -0.2) is 19.1 Å². The highest BCUT2D eigenvalue weighted by Crippen LogP contribution is 2.31. The first kappa shape index (κ1) is 12.8. The molecule has 2 rings (SSSR count). The Morgan fingerprint density at radius 2 is 2.25 bits per heavy atom. The topological polar surface area (TPSA) is 64.4 Å². The first-order chi connectivity index (χ1) is 7.31. The maximum Gasteiger partial charge on any atom is 0.234 e. The van der Waals surface area contributed by atoms with E-state index in [0.29, 0.717) is 6.61 Å². The van der Waals surface area contributed by atoms with Crippen molar-refractivity contribution in [1.29, 1.82) is 0 Å². The summed E-state index contributed by atoms with van der Waals surface area (Å²) in [6.45, 7) is 0.659. The molecule has 5 heteroatoms. The largest absolute Gasteiger partial charge is 0.493 e. The van der Waals surface area contributed by atoms with E-state index >= 15 is 0 Å². The van der Waals surface area contributed by atoms with Gasteiger partial charge in [0.05, 0.1) is 19.2 Å². The van der Waals surface area contributed by atoms with Gasteiger partial charge in [-0.05, 0) is 6.07 Å². The molecule has 1 amide bonds. The quantitative estimate of drug-likeness (QED) is 0.814. The smallest absolute Gasteiger partial charge is 0.234 e. The molecule has 0 aromatic heterocycles. The number of nitrogens with one attached hydrogen (secondary N) is 1. The number of ether oxygens (including phenoxy) is 1. The fourth-order valence-electron chi connectivity index (χ4n) is 1.75. The van der Waals surface area contributed by atoms with Gasteiger partial charge in [0.15, 0.2) is 0 Å². The van der Waals surface area contributed by atoms with Crippen LogP contribution in [0.1, 0.15) is 18.0 Å². The first-order valence-electron chi connectivity index (χ1n) is 5.02. The van der Waals surface area contributed by atoms with Gasteiger partial charge in [0.1, 0.15) is 5.75 Å². The van der Waals surface area contributed by atoms with Gasteiger partial charge in [0.2, 0.25) is 5.91 Å². The number of fused-ring (bicyclic) bond motifs is 1. The van der Waals surface area contributed by atoms with Crippen molar-refractivity contribution in [3.05, 3.63) is 29.8 Å². The van der Waals surface area contributed by atoms with Gasteiger partial charge in [-0.1, -0.05) is 18.2 Å². The van der Waals surface area contributed by atoms with Crippen molar-refractivity contribution in [3.63, 3.8) is 0 Å². The summed E-state index contributed by atoms with van der Waals surface area (Å²) in [6.07, 6.45) is 0.794. The molecule has 0 radical (unpaired) electrons. The van der Waals surface area contributed by atoms with Crippen LogP contribution < -0.4 is 15.8 Å². The molecule has 16 heavy (non-hydrogen) atoms. The number of para-hydroxylation sites is 1. The minimum atomic E-state index is -0.128. The average molecular weight is 243 g/mol. The SMILES string of the molecule is Cl.NCC(=O)NC1CCOc2ccccc21. The molecule has 1 atom stereocenters. The van der Waals surface area contributed by atoms with Crippen molar-refractivity contribution in [2.75, 3.05) is 13.2 Å². The van der Waals surface area contributed by atoms with Crippen molar-refractivity contribution >= 4 is 18.3 Å². The number of benzene rings is 1. The molecule has 1 aromatic carbocycles. The third kappa shape index (κ3) is 2.65. The van der Waals surface area contributed by atoms with Gasteiger partial charge >= 0.3 is 0 Å². The highest BCUT2D eigenvalue weighted by Gasteiger charge is 2.21. The molecule has 0 spiro atoms. The van der Waals surface area contributed by atoms with E-state index in [4.69, 9.17) is 10.5 Å². The number of halogens is 1. The van der Waals surface area contributed by atoms with Crippen LogP contribution in [0.3, 0.4) is 0 Å². The van der Waals surface area contributed by atoms with Gasteiger partial charge in [0.25, 0.3) is 0 Å². The Morgan fingerprint density at radius 3 is 3.00 bits per heavy atom. The molecule has 0 saturated heterocycles. The summed E-state index contributed by atoms with van der Waals surface area (Å²) < 4.78 is 5.49. The summed E-state index contributed by atoms with van der Waals surface area (Å²) in [5.41, 5.74) is 6.30. The predicted molar refractivity (Wildman–Crippen MR) is 63.7 cm³/mol. The normalized spacial score (nSPS) is 17.7. The lowest BCUT2D eigenvalue weighted by molar-refractivity contribution is -0.120. The van der Waals surface area contributed by atoms with E-state index < -0.39 is 0 Å². The fraction of sp³-hybridized carbons (Fsp3) is 0.364. The van der Waals surface area contributed by atoms with Gasteiger partial charge in [0, 0.05) is 12.0 Å². The number of nitrogens with two attached hydrogens (primary N) is 1. The maximum atomic E-state index is 11.2. The summed E-state index contributed by atoms with van der Waals surface area (Å²) in [6, 6.07) is 7.78. The molecule has 1 aliphatic rings. The summed E-state index contributed by atoms with van der Waals surface area (Å²) in [5, 5.41) is 2.88. The van der Waals surface area contributed by atoms with Crippen molar-refractivity contribution in [1.82, 2.24) is 5.32 Å². The van der Waals surface area contributed by atoms with Crippen molar-refractivity contribution in [2.24, 2.45) is 5.73 Å². The van der Waals surface area contributed by atoms with Gasteiger partial charge in [-0.15, -0.1) is 12.4 Å². The molecule has 0 saturated carbocycles. The van der Waals surface area contributed by atoms with Crippen LogP contribution in [0.2, 0.25) is 0 Å². The van der Waals surface area contributed by atoms with E-state index in [-0.39, 0.29) is 30.9 Å². The second-order valence-electron chi connectivity index (χ2n) is 3.50. The molecule has 1 aliphatic heterocycles. The highest BCUT2D eigenvalue weighted by atomic mass is 35.5. The van der Waals surface area contributed by atoms with E-state index in [2.05, 4.69) is 5.32 Å². The van der Waals surface area contributed by atoms with Crippen molar-refractivity contribution in [2.45, 2.75) is 12.5 Å². The Bertz CT molecular complexity index is 371. The zero-order valence-corrected chi connectivity index (χ0v) is 9.63. The van der Waals surface area contributed by atoms with Gasteiger partial charge in [-0.25, -0.2) is 0 Å². The van der Waals surface area contributed by atoms with Crippen molar-refractivity contribution < 1.29 is 9.53 Å². The monoisotopic (exact) mass is 242 g/mol. The number of rotatable bonds is 2. The van der Waals surface area contributed by atoms with Crippen LogP contribution in [-0.2, 0) is 4.79 Å². The fourth-order valence-corrected chi connectivity index (χ4v) is 1.75. The first-order valence-corrected chi connectivity index (χ1v) is 5.02. The third-order valence-electron chi connectivity index (χ3n) is 2.48. The van der Waals surface area contributed by atoms with Gasteiger partial charge in [-0.2, -0.15) is 0 Å². The van der Waals surface area contributed by atoms with Crippen LogP contribution in [0.4, 0.5) is 0 Å². The second-order valence-corrected chi connectivity index (χ2v) is 3.50. The lowest BCUT2D eigenvalue weighted by atomic mass is 10.0. The molecule has 1 unspecified atom stereocenters. The Kier molecular flexibility index (Phi) is 4.58. The van der Waals surface area contributed by atoms with Crippen LogP contribution in [0.25, 0.3) is 0 Å². The zero-order chi connectivity index (χ0) is 10.7. The predicted octanol–water partition coefficient (Wildman–Crippen LogP) is 1.01. The minimum Gasteiger partial charge on any atom is -0.493 e. The lowest BCUT2D eigenvalue weighted by Gasteiger charge is -2.26. The number of carbonyl (C=O) groups excluding carboxylic acids is 1. The number of amides is 1. The van der Waals surface area contributed by atoms with Crippen LogP contribution in [0, 0.1) is 0 Å². The Balaban J connectivity index is 0.00000128. The molecule has 3 N–H and O–H groups in total. The van der Waals surface area contributed by atoms with Gasteiger partial charge < -0.3 is 15.8 Å². The lowest BCUT2D eigenvalue weighted by Crippen LogP contribution is -2.36. The minimum absolute atomic E-state index is 0. The average Bonchev–Trinajstić information content (AvgIpc) is 2.29. The molecule has 1 aromatic rings. The van der Waals surface area contributed by atoms with Crippen LogP contribution in [0.5, 0.6) is 5.75 Å². The molecule has 0 bridgehead atoms. The highest BCUT2D eigenvalue weighted by molar-refractivity contribution is 5.85. The van der Waals surface area contributed by atoms with E-state index in [9.17, 15) is 4.79 Å². The molecule has 88 valence electrons. The molecule has 1 heterocycles. The molecule has 0 fully saturated rings. The van der Waals surface area contributed by atoms with E-state index in [1.165, 1.54) is 0 Å². The van der Waals surface area contributed by atoms with E-state index in [1.54, 1.807) is 0 Å². The second kappa shape index (κ2) is 5.72. The summed E-state index contributed by atoms with van der Waals surface area (Å²) in [5.74, 6) is 0.725. The number of carbonyl (C=O) groups is 1. The van der Waals surface area contributed by atoms with Crippen LogP contribution in [0.15, 0.2) is 24.3 Å². The number of hydrogen-bond acceptors (Lipinski definition) is 3. The Morgan fingerprint density at radius 1 is 1.50 bits per heavy atom. The number of hydrogen-bond donors (Lipinski definition) is 2. The van der Waals surface area contributed by atoms with Crippen molar-refractivity contribution in [3.8, 4) is 5.75 Å². The molecular weight excluding hydrogens is 228 g/mol. The zero-order valence-electron chi connectivity index (χ0n) is 8.81. The standard InChI is InChI=1S/C11H14N2O2.ClH/c12-7-11(14)13-9-5-6-15-10-4-2-1-3-8(9)10;/h1-4,9H,5-7,12H2,(H,13,14);1H. The summed E-state index contributed by atoms with van der Waals surface area (Å²) >= 11 is 0. The van der Waals surface area contributed by atoms with E-state index in [1.807, 2.05) is 24.3 Å². The summed E-state index contributed by atoms with van der Waals surface area (Å²) in [4.78, 5) is 11.2. The Labute approximate surface area is 101 Å². The van der Waals surface area contributed by atoms with Crippen LogP contribution >= 0.6 is 12.4 Å². The van der Waals surface area contributed by atoms with E-state index in [0.717, 1.165) is 17.7 Å². The maximum absolute atomic E-state index is 11.2. The Hall–Kier alpha value is -1.26.